The molecule has 0 fully saturated rings. The minimum absolute atomic E-state index is 0.161. The largest absolute Gasteiger partial charge is 0.368 e. The maximum Gasteiger partial charge on any atom is 0.241 e. The summed E-state index contributed by atoms with van der Waals surface area (Å²) < 4.78 is 34.2. The van der Waals surface area contributed by atoms with Crippen LogP contribution in [0.1, 0.15) is 6.92 Å². The van der Waals surface area contributed by atoms with E-state index < -0.39 is 24.1 Å². The standard InChI is InChI=1S/C18H29ClIN3O3SSi/c1-14(23-27(24,25)16-8-6-15(19)7-9-16)17(18(20)21-2)12-22-13-26-10-11-28(3,4)5/h6-9,12,14,22-23H,10-11,13H2,1-5H3/b17-12-,21-18+. The molecular formula is C18H29ClIN3O3SSi. The van der Waals surface area contributed by atoms with Crippen molar-refractivity contribution < 1.29 is 13.2 Å². The topological polar surface area (TPSA) is 79.8 Å². The SMILES string of the molecule is C/N=C(I)\C(=C/NCOCC[Si](C)(C)C)C(C)NS(=O)(=O)c1ccc(Cl)cc1. The van der Waals surface area contributed by atoms with Gasteiger partial charge >= 0.3 is 0 Å². The molecule has 0 aliphatic rings. The van der Waals surface area contributed by atoms with Gasteiger partial charge in [0.25, 0.3) is 0 Å². The maximum absolute atomic E-state index is 12.6. The number of ether oxygens (including phenoxy) is 1. The van der Waals surface area contributed by atoms with Crippen molar-refractivity contribution in [1.29, 1.82) is 0 Å². The van der Waals surface area contributed by atoms with Crippen LogP contribution in [0.4, 0.5) is 0 Å². The van der Waals surface area contributed by atoms with E-state index in [0.29, 0.717) is 22.1 Å². The predicted molar refractivity (Wildman–Crippen MR) is 129 cm³/mol. The third-order valence-electron chi connectivity index (χ3n) is 3.80. The molecule has 0 saturated carbocycles. The van der Waals surface area contributed by atoms with E-state index >= 15 is 0 Å². The molecule has 1 rings (SSSR count). The van der Waals surface area contributed by atoms with E-state index in [9.17, 15) is 8.42 Å². The number of halogens is 2. The van der Waals surface area contributed by atoms with Crippen molar-refractivity contribution in [2.45, 2.75) is 43.5 Å². The lowest BCUT2D eigenvalue weighted by Gasteiger charge is -2.18. The quantitative estimate of drug-likeness (QED) is 0.140. The van der Waals surface area contributed by atoms with Crippen molar-refractivity contribution in [3.8, 4) is 0 Å². The summed E-state index contributed by atoms with van der Waals surface area (Å²) in [5.74, 6) is 0. The Morgan fingerprint density at radius 3 is 2.46 bits per heavy atom. The van der Waals surface area contributed by atoms with Gasteiger partial charge in [-0.3, -0.25) is 4.99 Å². The number of nitrogens with one attached hydrogen (secondary N) is 2. The fraction of sp³-hybridized carbons (Fsp3) is 0.500. The summed E-state index contributed by atoms with van der Waals surface area (Å²) in [4.78, 5) is 4.34. The minimum atomic E-state index is -3.68. The van der Waals surface area contributed by atoms with Crippen molar-refractivity contribution >= 4 is 56.0 Å². The average Bonchev–Trinajstić information content (AvgIpc) is 2.59. The summed E-state index contributed by atoms with van der Waals surface area (Å²) in [6, 6.07) is 6.67. The van der Waals surface area contributed by atoms with Gasteiger partial charge in [-0.2, -0.15) is 0 Å². The molecule has 0 aliphatic heterocycles. The van der Waals surface area contributed by atoms with Gasteiger partial charge in [-0.25, -0.2) is 13.1 Å². The first-order valence-corrected chi connectivity index (χ1v) is 15.5. The van der Waals surface area contributed by atoms with E-state index in [1.165, 1.54) is 12.1 Å². The maximum atomic E-state index is 12.6. The molecule has 28 heavy (non-hydrogen) atoms. The number of rotatable bonds is 11. The number of benzene rings is 1. The molecule has 0 spiro atoms. The number of hydrogen-bond acceptors (Lipinski definition) is 5. The monoisotopic (exact) mass is 557 g/mol. The lowest BCUT2D eigenvalue weighted by Crippen LogP contribution is -2.36. The molecular weight excluding hydrogens is 529 g/mol. The molecule has 1 unspecified atom stereocenters. The Labute approximate surface area is 188 Å². The first-order valence-electron chi connectivity index (χ1n) is 8.88. The van der Waals surface area contributed by atoms with Crippen molar-refractivity contribution in [1.82, 2.24) is 10.0 Å². The van der Waals surface area contributed by atoms with Crippen LogP contribution in [0.3, 0.4) is 0 Å². The van der Waals surface area contributed by atoms with Crippen LogP contribution in [0, 0.1) is 0 Å². The Morgan fingerprint density at radius 2 is 1.93 bits per heavy atom. The van der Waals surface area contributed by atoms with Crippen LogP contribution in [0.5, 0.6) is 0 Å². The second-order valence-electron chi connectivity index (χ2n) is 7.48. The van der Waals surface area contributed by atoms with Crippen LogP contribution in [-0.4, -0.2) is 46.6 Å². The van der Waals surface area contributed by atoms with Gasteiger partial charge in [0.1, 0.15) is 10.4 Å². The first-order chi connectivity index (χ1) is 13.0. The van der Waals surface area contributed by atoms with Crippen molar-refractivity contribution in [2.24, 2.45) is 4.99 Å². The van der Waals surface area contributed by atoms with Gasteiger partial charge in [0.05, 0.1) is 4.90 Å². The van der Waals surface area contributed by atoms with Crippen LogP contribution in [-0.2, 0) is 14.8 Å². The lowest BCUT2D eigenvalue weighted by molar-refractivity contribution is 0.137. The van der Waals surface area contributed by atoms with Gasteiger partial charge in [0, 0.05) is 44.6 Å². The van der Waals surface area contributed by atoms with Crippen LogP contribution in [0.2, 0.25) is 30.7 Å². The van der Waals surface area contributed by atoms with Crippen LogP contribution in [0.25, 0.3) is 0 Å². The average molecular weight is 558 g/mol. The van der Waals surface area contributed by atoms with E-state index in [1.807, 2.05) is 0 Å². The number of nitrogens with zero attached hydrogens (tertiary/aromatic N) is 1. The molecule has 0 radical (unpaired) electrons. The normalized spacial score (nSPS) is 14.8. The fourth-order valence-corrected chi connectivity index (χ4v) is 4.86. The summed E-state index contributed by atoms with van der Waals surface area (Å²) in [5, 5.41) is 3.58. The highest BCUT2D eigenvalue weighted by Crippen LogP contribution is 2.17. The highest BCUT2D eigenvalue weighted by molar-refractivity contribution is 14.1. The molecule has 6 nitrogen and oxygen atoms in total. The Bertz CT molecular complexity index is 793. The molecule has 10 heteroatoms. The van der Waals surface area contributed by atoms with Crippen LogP contribution in [0.15, 0.2) is 45.9 Å². The minimum Gasteiger partial charge on any atom is -0.368 e. The zero-order chi connectivity index (χ0) is 21.4. The van der Waals surface area contributed by atoms with E-state index in [4.69, 9.17) is 16.3 Å². The highest BCUT2D eigenvalue weighted by Gasteiger charge is 2.21. The fourth-order valence-electron chi connectivity index (χ4n) is 2.13. The van der Waals surface area contributed by atoms with Crippen molar-refractivity contribution in [2.75, 3.05) is 20.4 Å². The Balaban J connectivity index is 2.76. The molecule has 0 amide bonds. The van der Waals surface area contributed by atoms with E-state index in [1.54, 1.807) is 32.3 Å². The third kappa shape index (κ3) is 9.36. The van der Waals surface area contributed by atoms with Crippen LogP contribution < -0.4 is 10.0 Å². The molecule has 1 atom stereocenters. The smallest absolute Gasteiger partial charge is 0.241 e. The summed E-state index contributed by atoms with van der Waals surface area (Å²) in [5.41, 5.74) is 0.731. The van der Waals surface area contributed by atoms with E-state index in [2.05, 4.69) is 57.3 Å². The molecule has 0 bridgehead atoms. The Hall–Kier alpha value is -0.463. The van der Waals surface area contributed by atoms with Crippen LogP contribution >= 0.6 is 34.2 Å². The van der Waals surface area contributed by atoms with Gasteiger partial charge < -0.3 is 10.1 Å². The second kappa shape index (κ2) is 11.7. The van der Waals surface area contributed by atoms with Gasteiger partial charge in [-0.15, -0.1) is 0 Å². The van der Waals surface area contributed by atoms with Gasteiger partial charge in [-0.1, -0.05) is 31.2 Å². The number of sulfonamides is 1. The third-order valence-corrected chi connectivity index (χ3v) is 8.41. The summed E-state index contributed by atoms with van der Waals surface area (Å²) >= 11 is 7.92. The van der Waals surface area contributed by atoms with E-state index in [0.717, 1.165) is 11.6 Å². The summed E-state index contributed by atoms with van der Waals surface area (Å²) in [7, 11) is -3.13. The number of aliphatic imine (C=N–C) groups is 1. The zero-order valence-electron chi connectivity index (χ0n) is 16.9. The Morgan fingerprint density at radius 1 is 1.32 bits per heavy atom. The van der Waals surface area contributed by atoms with Gasteiger partial charge in [-0.05, 0) is 59.8 Å². The Kier molecular flexibility index (Phi) is 10.6. The summed E-state index contributed by atoms with van der Waals surface area (Å²) in [6.45, 7) is 9.75. The van der Waals surface area contributed by atoms with Crippen molar-refractivity contribution in [3.63, 3.8) is 0 Å². The second-order valence-corrected chi connectivity index (χ2v) is 16.3. The molecule has 0 saturated heterocycles. The summed E-state index contributed by atoms with van der Waals surface area (Å²) in [6.07, 6.45) is 1.75. The molecule has 0 heterocycles. The molecule has 2 N–H and O–H groups in total. The van der Waals surface area contributed by atoms with Gasteiger partial charge in [0.2, 0.25) is 10.0 Å². The first kappa shape index (κ1) is 25.6. The molecule has 1 aromatic carbocycles. The molecule has 158 valence electrons. The highest BCUT2D eigenvalue weighted by atomic mass is 127. The predicted octanol–water partition coefficient (Wildman–Crippen LogP) is 4.26. The zero-order valence-corrected chi connectivity index (χ0v) is 21.7. The molecule has 0 aromatic heterocycles. The number of hydrogen-bond donors (Lipinski definition) is 2. The van der Waals surface area contributed by atoms with E-state index in [-0.39, 0.29) is 4.90 Å². The van der Waals surface area contributed by atoms with Crippen molar-refractivity contribution in [3.05, 3.63) is 41.1 Å². The lowest BCUT2D eigenvalue weighted by atomic mass is 10.2. The van der Waals surface area contributed by atoms with Gasteiger partial charge in [0.15, 0.2) is 0 Å². The molecule has 1 aromatic rings. The molecule has 0 aliphatic carbocycles.